The van der Waals surface area contributed by atoms with Crippen LogP contribution in [0.4, 0.5) is 4.39 Å². The van der Waals surface area contributed by atoms with Crippen molar-refractivity contribution >= 4 is 6.41 Å². The molecule has 2 bridgehead atoms. The number of hydrogen-bond acceptors (Lipinski definition) is 4. The molecule has 2 saturated heterocycles. The highest BCUT2D eigenvalue weighted by Gasteiger charge is 2.51. The molecule has 0 radical (unpaired) electrons. The minimum atomic E-state index is -0.359. The van der Waals surface area contributed by atoms with E-state index in [2.05, 4.69) is 25.7 Å². The Balaban J connectivity index is 0.000000186. The van der Waals surface area contributed by atoms with E-state index in [0.717, 1.165) is 43.1 Å². The fourth-order valence-corrected chi connectivity index (χ4v) is 5.05. The predicted molar refractivity (Wildman–Crippen MR) is 123 cm³/mol. The molecule has 5 aliphatic rings. The second-order valence-corrected chi connectivity index (χ2v) is 10.1. The van der Waals surface area contributed by atoms with E-state index in [0.29, 0.717) is 23.8 Å². The van der Waals surface area contributed by atoms with E-state index in [9.17, 15) is 9.18 Å². The molecule has 180 valence electrons. The molecule has 3 atom stereocenters. The molecule has 3 unspecified atom stereocenters. The zero-order valence-corrected chi connectivity index (χ0v) is 20.1. The van der Waals surface area contributed by atoms with Crippen LogP contribution < -0.4 is 4.74 Å². The van der Waals surface area contributed by atoms with E-state index >= 15 is 0 Å². The molecule has 3 saturated carbocycles. The van der Waals surface area contributed by atoms with Crippen LogP contribution in [0.15, 0.2) is 12.1 Å². The van der Waals surface area contributed by atoms with Gasteiger partial charge in [0, 0.05) is 18.0 Å². The second kappa shape index (κ2) is 11.5. The Morgan fingerprint density at radius 3 is 2.34 bits per heavy atom. The van der Waals surface area contributed by atoms with Crippen LogP contribution in [0.5, 0.6) is 5.75 Å². The second-order valence-electron chi connectivity index (χ2n) is 10.1. The molecule has 1 aromatic rings. The molecule has 5 fully saturated rings. The predicted octanol–water partition coefficient (Wildman–Crippen LogP) is 6.30. The minimum Gasteiger partial charge on any atom is -0.493 e. The van der Waals surface area contributed by atoms with Crippen LogP contribution in [-0.4, -0.2) is 35.4 Å². The van der Waals surface area contributed by atoms with Gasteiger partial charge in [-0.15, -0.1) is 0 Å². The molecule has 6 rings (SSSR count). The van der Waals surface area contributed by atoms with Crippen LogP contribution in [0, 0.1) is 30.5 Å². The number of carbonyl (C=O) groups excluding carboxylic acids is 1. The molecule has 6 heteroatoms. The maximum atomic E-state index is 13.7. The molecule has 1 aromatic carbocycles. The average Bonchev–Trinajstić information content (AvgIpc) is 3.27. The van der Waals surface area contributed by atoms with E-state index in [1.54, 1.807) is 11.0 Å². The van der Waals surface area contributed by atoms with Gasteiger partial charge in [-0.2, -0.15) is 0 Å². The largest absolute Gasteiger partial charge is 0.493 e. The van der Waals surface area contributed by atoms with Crippen molar-refractivity contribution in [2.24, 2.45) is 17.8 Å². The number of benzene rings is 1. The molecule has 0 aromatic heterocycles. The van der Waals surface area contributed by atoms with E-state index in [1.165, 1.54) is 44.1 Å². The van der Waals surface area contributed by atoms with E-state index in [4.69, 9.17) is 9.99 Å². The first-order chi connectivity index (χ1) is 15.4. The summed E-state index contributed by atoms with van der Waals surface area (Å²) in [5.41, 5.74) is 1.97. The van der Waals surface area contributed by atoms with Crippen molar-refractivity contribution in [1.29, 1.82) is 0 Å². The lowest BCUT2D eigenvalue weighted by Gasteiger charge is -2.21. The lowest BCUT2D eigenvalue weighted by molar-refractivity contribution is -0.304. The van der Waals surface area contributed by atoms with Gasteiger partial charge in [0.1, 0.15) is 11.6 Å². The Labute approximate surface area is 192 Å². The summed E-state index contributed by atoms with van der Waals surface area (Å²) in [6.45, 7) is 9.15. The summed E-state index contributed by atoms with van der Waals surface area (Å²) >= 11 is 0. The van der Waals surface area contributed by atoms with Gasteiger partial charge in [-0.1, -0.05) is 33.6 Å². The summed E-state index contributed by atoms with van der Waals surface area (Å²) in [5.74, 6) is 3.12. The summed E-state index contributed by atoms with van der Waals surface area (Å²) in [4.78, 5) is 16.1. The summed E-state index contributed by atoms with van der Waals surface area (Å²) in [6, 6.07) is 3.92. The van der Waals surface area contributed by atoms with Crippen LogP contribution in [-0.2, 0) is 9.68 Å². The molecule has 5 nitrogen and oxygen atoms in total. The Morgan fingerprint density at radius 1 is 1.16 bits per heavy atom. The van der Waals surface area contributed by atoms with Gasteiger partial charge in [0.05, 0.1) is 6.61 Å². The van der Waals surface area contributed by atoms with Crippen LogP contribution >= 0.6 is 0 Å². The van der Waals surface area contributed by atoms with E-state index in [1.807, 2.05) is 13.0 Å². The smallest absolute Gasteiger partial charge is 0.212 e. The number of halogens is 1. The fourth-order valence-electron chi connectivity index (χ4n) is 5.05. The van der Waals surface area contributed by atoms with Gasteiger partial charge in [0.15, 0.2) is 6.23 Å². The maximum Gasteiger partial charge on any atom is 0.212 e. The highest BCUT2D eigenvalue weighted by atomic mass is 19.1. The van der Waals surface area contributed by atoms with Gasteiger partial charge < -0.3 is 9.64 Å². The normalized spacial score (nSPS) is 29.9. The number of hydrogen-bond donors (Lipinski definition) is 1. The Bertz CT molecular complexity index is 748. The van der Waals surface area contributed by atoms with Crippen LogP contribution in [0.1, 0.15) is 89.2 Å². The number of carbonyl (C=O) groups is 1. The fraction of sp³-hybridized carbons (Fsp3) is 0.731. The molecular formula is C26H40FNO4. The van der Waals surface area contributed by atoms with Crippen molar-refractivity contribution in [2.45, 2.75) is 97.2 Å². The third-order valence-electron chi connectivity index (χ3n) is 7.08. The molecular weight excluding hydrogens is 409 g/mol. The lowest BCUT2D eigenvalue weighted by atomic mass is 9.86. The topological polar surface area (TPSA) is 59.0 Å². The third kappa shape index (κ3) is 6.02. The lowest BCUT2D eigenvalue weighted by Crippen LogP contribution is -2.31. The van der Waals surface area contributed by atoms with Gasteiger partial charge in [-0.05, 0) is 80.4 Å². The molecule has 2 aliphatic heterocycles. The molecule has 1 amide bonds. The summed E-state index contributed by atoms with van der Waals surface area (Å²) in [6.07, 6.45) is 9.89. The number of nitrogens with zero attached hydrogens (tertiary/aromatic N) is 1. The summed E-state index contributed by atoms with van der Waals surface area (Å²) in [7, 11) is 0. The average molecular weight is 450 g/mol. The van der Waals surface area contributed by atoms with E-state index in [-0.39, 0.29) is 12.0 Å². The summed E-state index contributed by atoms with van der Waals surface area (Å²) < 4.78 is 19.7. The zero-order valence-electron chi connectivity index (χ0n) is 20.1. The number of rotatable bonds is 6. The van der Waals surface area contributed by atoms with Crippen molar-refractivity contribution in [3.63, 3.8) is 0 Å². The van der Waals surface area contributed by atoms with Crippen LogP contribution in [0.2, 0.25) is 0 Å². The van der Waals surface area contributed by atoms with Crippen LogP contribution in [0.3, 0.4) is 0 Å². The highest BCUT2D eigenvalue weighted by Crippen LogP contribution is 2.46. The van der Waals surface area contributed by atoms with Gasteiger partial charge in [0.2, 0.25) is 6.41 Å². The van der Waals surface area contributed by atoms with Crippen molar-refractivity contribution in [2.75, 3.05) is 6.61 Å². The van der Waals surface area contributed by atoms with E-state index < -0.39 is 0 Å². The molecule has 32 heavy (non-hydrogen) atoms. The Kier molecular flexibility index (Phi) is 8.95. The van der Waals surface area contributed by atoms with Crippen molar-refractivity contribution in [3.05, 3.63) is 29.1 Å². The first kappa shape index (κ1) is 25.0. The van der Waals surface area contributed by atoms with Gasteiger partial charge >= 0.3 is 0 Å². The Morgan fingerprint density at radius 2 is 1.84 bits per heavy atom. The van der Waals surface area contributed by atoms with Crippen molar-refractivity contribution in [1.82, 2.24) is 4.90 Å². The maximum absolute atomic E-state index is 13.7. The van der Waals surface area contributed by atoms with Gasteiger partial charge in [-0.3, -0.25) is 4.79 Å². The highest BCUT2D eigenvalue weighted by molar-refractivity contribution is 5.50. The number of fused-ring (bicyclic) bond motifs is 1. The van der Waals surface area contributed by atoms with Gasteiger partial charge in [-0.25, -0.2) is 14.5 Å². The van der Waals surface area contributed by atoms with Gasteiger partial charge in [0.25, 0.3) is 0 Å². The minimum absolute atomic E-state index is 0.140. The van der Waals surface area contributed by atoms with Crippen molar-refractivity contribution < 1.29 is 24.1 Å². The molecule has 1 N–H and O–H groups in total. The molecule has 2 heterocycles. The molecule has 3 aliphatic carbocycles. The SMILES string of the molecule is CCC.Cc1cc(C2CC2)c(OCC2CCC(C)C2)cc1F.O=CN1C2CC(C2)C1OO. The standard InChI is InChI=1S/C17H23FO.C6H9NO3.C3H8/c1-11-3-4-13(7-11)10-19-17-9-16(18)12(2)8-15(17)14-5-6-14;8-3-7-5-1-4(2-5)6(7)10-9;1-3-2/h8-9,11,13-14H,3-7,10H2,1-2H3;3-6,9H,1-2H2;3H2,1-2H3. The number of aryl methyl sites for hydroxylation is 1. The monoisotopic (exact) mass is 449 g/mol. The number of amides is 1. The number of ether oxygens (including phenoxy) is 1. The van der Waals surface area contributed by atoms with Crippen LogP contribution in [0.25, 0.3) is 0 Å². The third-order valence-corrected chi connectivity index (χ3v) is 7.08. The quantitative estimate of drug-likeness (QED) is 0.315. The zero-order chi connectivity index (χ0) is 23.3. The summed E-state index contributed by atoms with van der Waals surface area (Å²) in [5, 5.41) is 8.36. The van der Waals surface area contributed by atoms with Crippen molar-refractivity contribution in [3.8, 4) is 5.75 Å². The Hall–Kier alpha value is -1.66. The molecule has 0 spiro atoms. The first-order valence-electron chi connectivity index (χ1n) is 12.4. The first-order valence-corrected chi connectivity index (χ1v) is 12.4.